The maximum absolute atomic E-state index is 11.7. The second kappa shape index (κ2) is 9.91. The number of aldehydes is 2. The fraction of sp³-hybridized carbons (Fsp3) is 0.520. The van der Waals surface area contributed by atoms with Crippen LogP contribution in [0.5, 0.6) is 11.5 Å². The van der Waals surface area contributed by atoms with Gasteiger partial charge in [-0.2, -0.15) is 0 Å². The third kappa shape index (κ3) is 5.37. The number of hydrogen-bond acceptors (Lipinski definition) is 4. The lowest BCUT2D eigenvalue weighted by Gasteiger charge is -2.42. The Hall–Kier alpha value is -2.36. The first-order valence-corrected chi connectivity index (χ1v) is 10.4. The minimum atomic E-state index is -0.409. The summed E-state index contributed by atoms with van der Waals surface area (Å²) < 4.78 is 11.9. The number of allylic oxidation sites excluding steroid dienone is 4. The van der Waals surface area contributed by atoms with Crippen molar-refractivity contribution >= 4 is 12.6 Å². The summed E-state index contributed by atoms with van der Waals surface area (Å²) in [6.07, 6.45) is 10.6. The molecule has 0 unspecified atom stereocenters. The number of hydrogen-bond donors (Lipinski definition) is 0. The van der Waals surface area contributed by atoms with Gasteiger partial charge in [-0.15, -0.1) is 0 Å². The van der Waals surface area contributed by atoms with E-state index < -0.39 is 5.60 Å². The highest BCUT2D eigenvalue weighted by Gasteiger charge is 2.40. The lowest BCUT2D eigenvalue weighted by molar-refractivity contribution is 0.00897. The Morgan fingerprint density at radius 1 is 1.21 bits per heavy atom. The van der Waals surface area contributed by atoms with Gasteiger partial charge in [-0.1, -0.05) is 30.2 Å². The minimum absolute atomic E-state index is 0.255. The van der Waals surface area contributed by atoms with Crippen LogP contribution in [0.2, 0.25) is 0 Å². The van der Waals surface area contributed by atoms with Gasteiger partial charge in [-0.25, -0.2) is 0 Å². The third-order valence-electron chi connectivity index (χ3n) is 5.99. The van der Waals surface area contributed by atoms with E-state index in [4.69, 9.17) is 9.47 Å². The van der Waals surface area contributed by atoms with E-state index in [1.807, 2.05) is 0 Å². The van der Waals surface area contributed by atoms with E-state index in [2.05, 4.69) is 46.8 Å². The Labute approximate surface area is 175 Å². The zero-order valence-corrected chi connectivity index (χ0v) is 18.6. The van der Waals surface area contributed by atoms with Crippen molar-refractivity contribution < 1.29 is 19.1 Å². The van der Waals surface area contributed by atoms with Crippen LogP contribution < -0.4 is 9.47 Å². The average molecular weight is 399 g/mol. The highest BCUT2D eigenvalue weighted by molar-refractivity contribution is 5.94. The lowest BCUT2D eigenvalue weighted by atomic mass is 9.78. The summed E-state index contributed by atoms with van der Waals surface area (Å²) in [6.45, 7) is 10.7. The molecule has 0 aliphatic carbocycles. The first kappa shape index (κ1) is 22.9. The fourth-order valence-electron chi connectivity index (χ4n) is 3.87. The second-order valence-electron chi connectivity index (χ2n) is 8.55. The summed E-state index contributed by atoms with van der Waals surface area (Å²) in [5, 5.41) is 0. The summed E-state index contributed by atoms with van der Waals surface area (Å²) >= 11 is 0. The Balaban J connectivity index is 2.21. The molecule has 4 heteroatoms. The standard InChI is InChI=1S/C25H34O4/c1-17(2)9-7-10-18(3)11-8-12-25(5)19(4)13-21-23(28-6)14-20(15-26)22(16-27)24(21)29-25/h9,11,14-16,19H,7-8,10,12-13H2,1-6H3/b18-11+/t19-,25-/m0/s1. The molecule has 0 N–H and O–H groups in total. The first-order chi connectivity index (χ1) is 13.8. The Morgan fingerprint density at radius 3 is 2.52 bits per heavy atom. The van der Waals surface area contributed by atoms with Crippen molar-refractivity contribution in [2.75, 3.05) is 7.11 Å². The number of methoxy groups -OCH3 is 1. The summed E-state index contributed by atoms with van der Waals surface area (Å²) in [5.74, 6) is 1.37. The number of benzene rings is 1. The lowest BCUT2D eigenvalue weighted by Crippen LogP contribution is -2.44. The van der Waals surface area contributed by atoms with Crippen molar-refractivity contribution in [3.63, 3.8) is 0 Å². The molecule has 0 bridgehead atoms. The molecule has 2 rings (SSSR count). The predicted molar refractivity (Wildman–Crippen MR) is 117 cm³/mol. The molecule has 0 aromatic heterocycles. The Bertz CT molecular complexity index is 815. The van der Waals surface area contributed by atoms with Crippen molar-refractivity contribution in [1.29, 1.82) is 0 Å². The SMILES string of the molecule is COc1cc(C=O)c(C=O)c2c1C[C@H](C)[C@](C)(CC/C=C(\C)CCC=C(C)C)O2. The molecule has 0 spiro atoms. The van der Waals surface area contributed by atoms with Crippen LogP contribution in [0.25, 0.3) is 0 Å². The van der Waals surface area contributed by atoms with E-state index in [0.717, 1.165) is 37.7 Å². The summed E-state index contributed by atoms with van der Waals surface area (Å²) in [6, 6.07) is 1.63. The normalized spacial score (nSPS) is 21.0. The molecule has 1 aliphatic heterocycles. The molecule has 1 aliphatic rings. The van der Waals surface area contributed by atoms with Crippen LogP contribution in [0.1, 0.15) is 86.6 Å². The monoisotopic (exact) mass is 398 g/mol. The highest BCUT2D eigenvalue weighted by atomic mass is 16.5. The van der Waals surface area contributed by atoms with Crippen LogP contribution >= 0.6 is 0 Å². The smallest absolute Gasteiger partial charge is 0.154 e. The van der Waals surface area contributed by atoms with E-state index in [1.54, 1.807) is 13.2 Å². The Morgan fingerprint density at radius 2 is 1.93 bits per heavy atom. The summed E-state index contributed by atoms with van der Waals surface area (Å²) in [7, 11) is 1.58. The van der Waals surface area contributed by atoms with Crippen molar-refractivity contribution in [2.45, 2.75) is 72.3 Å². The molecule has 0 saturated carbocycles. The van der Waals surface area contributed by atoms with E-state index in [1.165, 1.54) is 11.1 Å². The van der Waals surface area contributed by atoms with Crippen molar-refractivity contribution in [1.82, 2.24) is 0 Å². The first-order valence-electron chi connectivity index (χ1n) is 10.4. The van der Waals surface area contributed by atoms with Gasteiger partial charge in [0.2, 0.25) is 0 Å². The van der Waals surface area contributed by atoms with Gasteiger partial charge in [0, 0.05) is 11.1 Å². The van der Waals surface area contributed by atoms with Crippen LogP contribution in [0.15, 0.2) is 29.4 Å². The van der Waals surface area contributed by atoms with Gasteiger partial charge in [0.1, 0.15) is 17.1 Å². The third-order valence-corrected chi connectivity index (χ3v) is 5.99. The molecule has 1 aromatic rings. The molecule has 29 heavy (non-hydrogen) atoms. The largest absolute Gasteiger partial charge is 0.496 e. The zero-order valence-electron chi connectivity index (χ0n) is 18.6. The van der Waals surface area contributed by atoms with Gasteiger partial charge in [0.05, 0.1) is 12.7 Å². The van der Waals surface area contributed by atoms with Crippen molar-refractivity contribution in [3.05, 3.63) is 46.1 Å². The average Bonchev–Trinajstić information content (AvgIpc) is 2.67. The topological polar surface area (TPSA) is 52.6 Å². The van der Waals surface area contributed by atoms with Crippen LogP contribution in [-0.2, 0) is 6.42 Å². The summed E-state index contributed by atoms with van der Waals surface area (Å²) in [4.78, 5) is 23.2. The van der Waals surface area contributed by atoms with Crippen LogP contribution in [0, 0.1) is 5.92 Å². The van der Waals surface area contributed by atoms with E-state index in [-0.39, 0.29) is 5.92 Å². The quantitative estimate of drug-likeness (QED) is 0.371. The van der Waals surface area contributed by atoms with Gasteiger partial charge in [0.25, 0.3) is 0 Å². The summed E-state index contributed by atoms with van der Waals surface area (Å²) in [5.41, 5.74) is 3.83. The fourth-order valence-corrected chi connectivity index (χ4v) is 3.87. The molecule has 4 nitrogen and oxygen atoms in total. The molecule has 2 atom stereocenters. The highest BCUT2D eigenvalue weighted by Crippen LogP contribution is 2.45. The predicted octanol–water partition coefficient (Wildman–Crippen LogP) is 6.12. The molecule has 0 fully saturated rings. The maximum Gasteiger partial charge on any atom is 0.154 e. The zero-order chi connectivity index (χ0) is 21.6. The van der Waals surface area contributed by atoms with Crippen LogP contribution in [-0.4, -0.2) is 25.3 Å². The van der Waals surface area contributed by atoms with E-state index in [9.17, 15) is 9.59 Å². The Kier molecular flexibility index (Phi) is 7.83. The number of fused-ring (bicyclic) bond motifs is 1. The van der Waals surface area contributed by atoms with Gasteiger partial charge >= 0.3 is 0 Å². The van der Waals surface area contributed by atoms with Gasteiger partial charge < -0.3 is 9.47 Å². The molecule has 158 valence electrons. The van der Waals surface area contributed by atoms with Gasteiger partial charge in [-0.3, -0.25) is 9.59 Å². The number of ether oxygens (including phenoxy) is 2. The molecule has 0 amide bonds. The number of rotatable bonds is 9. The van der Waals surface area contributed by atoms with Crippen LogP contribution in [0.4, 0.5) is 0 Å². The number of carbonyl (C=O) groups is 2. The van der Waals surface area contributed by atoms with Crippen molar-refractivity contribution in [3.8, 4) is 11.5 Å². The van der Waals surface area contributed by atoms with Crippen molar-refractivity contribution in [2.24, 2.45) is 5.92 Å². The molecule has 0 radical (unpaired) electrons. The van der Waals surface area contributed by atoms with Crippen LogP contribution in [0.3, 0.4) is 0 Å². The molecule has 1 heterocycles. The van der Waals surface area contributed by atoms with Gasteiger partial charge in [0.15, 0.2) is 12.6 Å². The number of carbonyl (C=O) groups excluding carboxylic acids is 2. The van der Waals surface area contributed by atoms with E-state index >= 15 is 0 Å². The van der Waals surface area contributed by atoms with E-state index in [0.29, 0.717) is 35.2 Å². The molecule has 0 saturated heterocycles. The molecular formula is C25H34O4. The maximum atomic E-state index is 11.7. The minimum Gasteiger partial charge on any atom is -0.496 e. The second-order valence-corrected chi connectivity index (χ2v) is 8.55. The molecular weight excluding hydrogens is 364 g/mol. The molecule has 1 aromatic carbocycles. The van der Waals surface area contributed by atoms with Gasteiger partial charge in [-0.05, 0) is 71.8 Å².